The molecule has 2 aromatic rings. The molecule has 1 aromatic heterocycles. The van der Waals surface area contributed by atoms with Gasteiger partial charge in [0.2, 0.25) is 0 Å². The van der Waals surface area contributed by atoms with E-state index in [4.69, 9.17) is 0 Å². The number of hydrogen-bond donors (Lipinski definition) is 1. The highest BCUT2D eigenvalue weighted by atomic mass is 19.1. The maximum Gasteiger partial charge on any atom is 0.134 e. The molecular formula is C17H21FN2. The van der Waals surface area contributed by atoms with E-state index < -0.39 is 5.67 Å². The van der Waals surface area contributed by atoms with Crippen molar-refractivity contribution in [3.8, 4) is 0 Å². The topological polar surface area (TPSA) is 24.9 Å². The van der Waals surface area contributed by atoms with Crippen LogP contribution in [0.5, 0.6) is 0 Å². The molecule has 1 aliphatic heterocycles. The third kappa shape index (κ3) is 2.83. The van der Waals surface area contributed by atoms with Crippen LogP contribution >= 0.6 is 0 Å². The number of halogens is 1. The molecule has 2 atom stereocenters. The molecule has 1 fully saturated rings. The third-order valence-electron chi connectivity index (χ3n) is 4.25. The Bertz CT molecular complexity index is 588. The van der Waals surface area contributed by atoms with E-state index in [1.165, 1.54) is 12.8 Å². The lowest BCUT2D eigenvalue weighted by atomic mass is 9.87. The summed E-state index contributed by atoms with van der Waals surface area (Å²) >= 11 is 0. The quantitative estimate of drug-likeness (QED) is 0.915. The SMILES string of the molecule is CC(F)(CC1CCCCN1)c1ccc2cccnc2c1. The number of aromatic nitrogens is 1. The summed E-state index contributed by atoms with van der Waals surface area (Å²) in [5, 5.41) is 4.48. The van der Waals surface area contributed by atoms with Crippen LogP contribution in [0.2, 0.25) is 0 Å². The predicted octanol–water partition coefficient (Wildman–Crippen LogP) is 3.95. The van der Waals surface area contributed by atoms with Crippen molar-refractivity contribution >= 4 is 10.9 Å². The summed E-state index contributed by atoms with van der Waals surface area (Å²) in [6, 6.07) is 9.94. The zero-order valence-electron chi connectivity index (χ0n) is 11.9. The van der Waals surface area contributed by atoms with E-state index in [0.29, 0.717) is 6.42 Å². The third-order valence-corrected chi connectivity index (χ3v) is 4.25. The first kappa shape index (κ1) is 13.5. The summed E-state index contributed by atoms with van der Waals surface area (Å²) in [5.41, 5.74) is 0.294. The zero-order chi connectivity index (χ0) is 14.0. The van der Waals surface area contributed by atoms with Crippen LogP contribution < -0.4 is 5.32 Å². The molecule has 3 rings (SSSR count). The smallest absolute Gasteiger partial charge is 0.134 e. The Labute approximate surface area is 119 Å². The first-order chi connectivity index (χ1) is 9.65. The number of hydrogen-bond acceptors (Lipinski definition) is 2. The van der Waals surface area contributed by atoms with Gasteiger partial charge in [-0.2, -0.15) is 0 Å². The Hall–Kier alpha value is -1.48. The van der Waals surface area contributed by atoms with Gasteiger partial charge in [0, 0.05) is 24.0 Å². The summed E-state index contributed by atoms with van der Waals surface area (Å²) in [6.07, 6.45) is 5.77. The molecule has 2 heterocycles. The highest BCUT2D eigenvalue weighted by Crippen LogP contribution is 2.33. The van der Waals surface area contributed by atoms with E-state index in [1.807, 2.05) is 30.3 Å². The molecule has 0 amide bonds. The van der Waals surface area contributed by atoms with Crippen LogP contribution in [0.4, 0.5) is 4.39 Å². The minimum atomic E-state index is -1.30. The number of benzene rings is 1. The van der Waals surface area contributed by atoms with Crippen molar-refractivity contribution < 1.29 is 4.39 Å². The lowest BCUT2D eigenvalue weighted by molar-refractivity contribution is 0.146. The van der Waals surface area contributed by atoms with Gasteiger partial charge >= 0.3 is 0 Å². The van der Waals surface area contributed by atoms with Crippen LogP contribution in [0.15, 0.2) is 36.5 Å². The number of nitrogens with one attached hydrogen (secondary N) is 1. The van der Waals surface area contributed by atoms with E-state index in [2.05, 4.69) is 10.3 Å². The van der Waals surface area contributed by atoms with Gasteiger partial charge in [-0.15, -0.1) is 0 Å². The zero-order valence-corrected chi connectivity index (χ0v) is 11.9. The summed E-state index contributed by atoms with van der Waals surface area (Å²) < 4.78 is 15.1. The monoisotopic (exact) mass is 272 g/mol. The molecule has 106 valence electrons. The van der Waals surface area contributed by atoms with Crippen molar-refractivity contribution in [2.24, 2.45) is 0 Å². The Balaban J connectivity index is 1.83. The average Bonchev–Trinajstić information content (AvgIpc) is 2.47. The fourth-order valence-corrected chi connectivity index (χ4v) is 3.07. The van der Waals surface area contributed by atoms with Gasteiger partial charge in [0.15, 0.2) is 0 Å². The van der Waals surface area contributed by atoms with Crippen LogP contribution in [-0.2, 0) is 5.67 Å². The average molecular weight is 272 g/mol. The van der Waals surface area contributed by atoms with Gasteiger partial charge in [-0.05, 0) is 44.0 Å². The van der Waals surface area contributed by atoms with E-state index in [1.54, 1.807) is 13.1 Å². The molecule has 0 saturated carbocycles. The fourth-order valence-electron chi connectivity index (χ4n) is 3.07. The van der Waals surface area contributed by atoms with Crippen molar-refractivity contribution in [2.75, 3.05) is 6.54 Å². The van der Waals surface area contributed by atoms with Gasteiger partial charge in [-0.3, -0.25) is 4.98 Å². The number of fused-ring (bicyclic) bond motifs is 1. The molecule has 0 bridgehead atoms. The Morgan fingerprint density at radius 1 is 1.35 bits per heavy atom. The lowest BCUT2D eigenvalue weighted by Gasteiger charge is -2.30. The maximum absolute atomic E-state index is 15.1. The normalized spacial score (nSPS) is 22.6. The predicted molar refractivity (Wildman–Crippen MR) is 80.5 cm³/mol. The largest absolute Gasteiger partial charge is 0.314 e. The van der Waals surface area contributed by atoms with Crippen LogP contribution in [0.1, 0.15) is 38.2 Å². The highest BCUT2D eigenvalue weighted by Gasteiger charge is 2.30. The molecule has 2 unspecified atom stereocenters. The van der Waals surface area contributed by atoms with Crippen molar-refractivity contribution in [2.45, 2.75) is 44.3 Å². The molecule has 0 radical (unpaired) electrons. The standard InChI is InChI=1S/C17H21FN2/c1-17(18,12-15-6-2-3-9-19-15)14-8-7-13-5-4-10-20-16(13)11-14/h4-5,7-8,10-11,15,19H,2-3,6,9,12H2,1H3. The Morgan fingerprint density at radius 3 is 3.05 bits per heavy atom. The number of pyridine rings is 1. The number of piperidine rings is 1. The lowest BCUT2D eigenvalue weighted by Crippen LogP contribution is -2.38. The van der Waals surface area contributed by atoms with E-state index in [-0.39, 0.29) is 6.04 Å². The number of alkyl halides is 1. The summed E-state index contributed by atoms with van der Waals surface area (Å²) in [5.74, 6) is 0. The second-order valence-electron chi connectivity index (χ2n) is 5.96. The molecule has 1 aromatic carbocycles. The van der Waals surface area contributed by atoms with Gasteiger partial charge in [-0.25, -0.2) is 4.39 Å². The minimum absolute atomic E-state index is 0.290. The summed E-state index contributed by atoms with van der Waals surface area (Å²) in [7, 11) is 0. The van der Waals surface area contributed by atoms with Crippen molar-refractivity contribution in [3.63, 3.8) is 0 Å². The van der Waals surface area contributed by atoms with Crippen LogP contribution in [-0.4, -0.2) is 17.6 Å². The van der Waals surface area contributed by atoms with Gasteiger partial charge in [0.25, 0.3) is 0 Å². The van der Waals surface area contributed by atoms with Crippen molar-refractivity contribution in [1.29, 1.82) is 0 Å². The molecule has 3 heteroatoms. The van der Waals surface area contributed by atoms with E-state index >= 15 is 4.39 Å². The van der Waals surface area contributed by atoms with Crippen LogP contribution in [0, 0.1) is 0 Å². The van der Waals surface area contributed by atoms with Crippen LogP contribution in [0.25, 0.3) is 10.9 Å². The molecular weight excluding hydrogens is 251 g/mol. The van der Waals surface area contributed by atoms with Crippen LogP contribution in [0.3, 0.4) is 0 Å². The molecule has 1 saturated heterocycles. The second kappa shape index (κ2) is 5.49. The van der Waals surface area contributed by atoms with E-state index in [9.17, 15) is 0 Å². The van der Waals surface area contributed by atoms with E-state index in [0.717, 1.165) is 29.4 Å². The molecule has 0 spiro atoms. The molecule has 1 aliphatic rings. The minimum Gasteiger partial charge on any atom is -0.314 e. The Morgan fingerprint density at radius 2 is 2.25 bits per heavy atom. The molecule has 20 heavy (non-hydrogen) atoms. The van der Waals surface area contributed by atoms with Gasteiger partial charge in [0.1, 0.15) is 5.67 Å². The Kier molecular flexibility index (Phi) is 3.70. The maximum atomic E-state index is 15.1. The number of rotatable bonds is 3. The summed E-state index contributed by atoms with van der Waals surface area (Å²) in [6.45, 7) is 2.70. The number of nitrogens with zero attached hydrogens (tertiary/aromatic N) is 1. The van der Waals surface area contributed by atoms with Gasteiger partial charge in [0.05, 0.1) is 5.52 Å². The summed E-state index contributed by atoms with van der Waals surface area (Å²) in [4.78, 5) is 4.32. The van der Waals surface area contributed by atoms with Crippen molar-refractivity contribution in [1.82, 2.24) is 10.3 Å². The van der Waals surface area contributed by atoms with Crippen molar-refractivity contribution in [3.05, 3.63) is 42.1 Å². The van der Waals surface area contributed by atoms with Gasteiger partial charge < -0.3 is 5.32 Å². The van der Waals surface area contributed by atoms with Gasteiger partial charge in [-0.1, -0.05) is 24.6 Å². The molecule has 0 aliphatic carbocycles. The first-order valence-electron chi connectivity index (χ1n) is 7.43. The fraction of sp³-hybridized carbons (Fsp3) is 0.471. The molecule has 2 nitrogen and oxygen atoms in total. The first-order valence-corrected chi connectivity index (χ1v) is 7.43. The second-order valence-corrected chi connectivity index (χ2v) is 5.96. The highest BCUT2D eigenvalue weighted by molar-refractivity contribution is 5.79. The molecule has 1 N–H and O–H groups in total.